The zero-order chi connectivity index (χ0) is 14.4. The summed E-state index contributed by atoms with van der Waals surface area (Å²) < 4.78 is 0. The lowest BCUT2D eigenvalue weighted by Gasteiger charge is -2.15. The molecule has 2 aromatic rings. The van der Waals surface area contributed by atoms with Crippen LogP contribution in [0, 0.1) is 0 Å². The van der Waals surface area contributed by atoms with Crippen molar-refractivity contribution >= 4 is 5.91 Å². The summed E-state index contributed by atoms with van der Waals surface area (Å²) in [5, 5.41) is 3.00. The molecule has 0 bridgehead atoms. The number of aromatic nitrogens is 1. The van der Waals surface area contributed by atoms with Crippen LogP contribution in [0.4, 0.5) is 0 Å². The van der Waals surface area contributed by atoms with Crippen LogP contribution in [0.3, 0.4) is 0 Å². The van der Waals surface area contributed by atoms with Crippen LogP contribution in [-0.4, -0.2) is 10.9 Å². The second-order valence-electron chi connectivity index (χ2n) is 4.92. The molecule has 1 aromatic heterocycles. The molecule has 0 aliphatic rings. The first kappa shape index (κ1) is 14.3. The summed E-state index contributed by atoms with van der Waals surface area (Å²) in [5.74, 6) is -0.0717. The number of aryl methyl sites for hydroxylation is 1. The topological polar surface area (TPSA) is 42.0 Å². The van der Waals surface area contributed by atoms with Crippen LogP contribution in [0.15, 0.2) is 48.8 Å². The zero-order valence-electron chi connectivity index (χ0n) is 12.0. The highest BCUT2D eigenvalue weighted by molar-refractivity contribution is 5.94. The molecule has 1 unspecified atom stereocenters. The molecular weight excluding hydrogens is 248 g/mol. The van der Waals surface area contributed by atoms with Gasteiger partial charge in [-0.2, -0.15) is 0 Å². The maximum Gasteiger partial charge on any atom is 0.251 e. The Hall–Kier alpha value is -2.16. The average Bonchev–Trinajstić information content (AvgIpc) is 2.49. The first-order valence-electron chi connectivity index (χ1n) is 7.00. The fraction of sp³-hybridized carbons (Fsp3) is 0.294. The Labute approximate surface area is 120 Å². The molecule has 0 spiro atoms. The number of nitrogens with zero attached hydrogens (tertiary/aromatic N) is 1. The second-order valence-corrected chi connectivity index (χ2v) is 4.92. The largest absolute Gasteiger partial charge is 0.346 e. The van der Waals surface area contributed by atoms with Gasteiger partial charge in [0.05, 0.1) is 6.04 Å². The Morgan fingerprint density at radius 1 is 1.15 bits per heavy atom. The molecule has 0 radical (unpaired) electrons. The summed E-state index contributed by atoms with van der Waals surface area (Å²) in [6, 6.07) is 11.9. The molecule has 0 fully saturated rings. The van der Waals surface area contributed by atoms with E-state index in [1.165, 1.54) is 5.56 Å². The van der Waals surface area contributed by atoms with Crippen molar-refractivity contribution in [2.75, 3.05) is 0 Å². The van der Waals surface area contributed by atoms with E-state index in [9.17, 15) is 4.79 Å². The number of rotatable bonds is 5. The number of benzene rings is 1. The van der Waals surface area contributed by atoms with E-state index in [0.29, 0.717) is 5.56 Å². The second kappa shape index (κ2) is 6.85. The van der Waals surface area contributed by atoms with Gasteiger partial charge < -0.3 is 5.32 Å². The molecule has 1 amide bonds. The number of hydrogen-bond donors (Lipinski definition) is 1. The van der Waals surface area contributed by atoms with E-state index in [2.05, 4.69) is 41.5 Å². The molecular formula is C17H20N2O. The van der Waals surface area contributed by atoms with Gasteiger partial charge in [0.25, 0.3) is 5.91 Å². The van der Waals surface area contributed by atoms with E-state index in [0.717, 1.165) is 18.4 Å². The zero-order valence-corrected chi connectivity index (χ0v) is 12.0. The Morgan fingerprint density at radius 2 is 1.80 bits per heavy atom. The number of carbonyl (C=O) groups is 1. The molecule has 1 heterocycles. The first-order valence-corrected chi connectivity index (χ1v) is 7.00. The SMILES string of the molecule is CCCc1ccc(C(C)NC(=O)c2ccncc2)cc1. The van der Waals surface area contributed by atoms with Crippen molar-refractivity contribution in [1.82, 2.24) is 10.3 Å². The minimum atomic E-state index is -0.0717. The van der Waals surface area contributed by atoms with Crippen molar-refractivity contribution < 1.29 is 4.79 Å². The summed E-state index contributed by atoms with van der Waals surface area (Å²) in [6.45, 7) is 4.17. The van der Waals surface area contributed by atoms with Crippen LogP contribution in [0.2, 0.25) is 0 Å². The van der Waals surface area contributed by atoms with Gasteiger partial charge in [-0.25, -0.2) is 0 Å². The third kappa shape index (κ3) is 3.67. The third-order valence-corrected chi connectivity index (χ3v) is 3.31. The Morgan fingerprint density at radius 3 is 2.40 bits per heavy atom. The number of nitrogens with one attached hydrogen (secondary N) is 1. The van der Waals surface area contributed by atoms with E-state index in [4.69, 9.17) is 0 Å². The standard InChI is InChI=1S/C17H20N2O/c1-3-4-14-5-7-15(8-6-14)13(2)19-17(20)16-9-11-18-12-10-16/h5-13H,3-4H2,1-2H3,(H,19,20). The van der Waals surface area contributed by atoms with Gasteiger partial charge in [0.2, 0.25) is 0 Å². The molecule has 20 heavy (non-hydrogen) atoms. The molecule has 104 valence electrons. The Kier molecular flexibility index (Phi) is 4.88. The lowest BCUT2D eigenvalue weighted by Crippen LogP contribution is -2.26. The van der Waals surface area contributed by atoms with Crippen LogP contribution in [-0.2, 0) is 6.42 Å². The normalized spacial score (nSPS) is 11.9. The minimum Gasteiger partial charge on any atom is -0.346 e. The predicted molar refractivity (Wildman–Crippen MR) is 80.6 cm³/mol. The predicted octanol–water partition coefficient (Wildman–Crippen LogP) is 3.53. The maximum absolute atomic E-state index is 12.1. The van der Waals surface area contributed by atoms with Gasteiger partial charge in [0, 0.05) is 18.0 Å². The number of carbonyl (C=O) groups excluding carboxylic acids is 1. The molecule has 0 saturated carbocycles. The Bertz CT molecular complexity index is 549. The van der Waals surface area contributed by atoms with Crippen molar-refractivity contribution in [2.45, 2.75) is 32.7 Å². The van der Waals surface area contributed by atoms with Gasteiger partial charge in [0.15, 0.2) is 0 Å². The summed E-state index contributed by atoms with van der Waals surface area (Å²) in [4.78, 5) is 16.0. The molecule has 2 rings (SSSR count). The summed E-state index contributed by atoms with van der Waals surface area (Å²) in [7, 11) is 0. The van der Waals surface area contributed by atoms with Crippen LogP contribution >= 0.6 is 0 Å². The van der Waals surface area contributed by atoms with Crippen LogP contribution < -0.4 is 5.32 Å². The van der Waals surface area contributed by atoms with Crippen molar-refractivity contribution in [3.8, 4) is 0 Å². The minimum absolute atomic E-state index is 0.00802. The molecule has 0 aliphatic heterocycles. The van der Waals surface area contributed by atoms with Crippen LogP contribution in [0.5, 0.6) is 0 Å². The van der Waals surface area contributed by atoms with Gasteiger partial charge in [-0.3, -0.25) is 9.78 Å². The quantitative estimate of drug-likeness (QED) is 0.901. The van der Waals surface area contributed by atoms with Crippen molar-refractivity contribution in [3.63, 3.8) is 0 Å². The third-order valence-electron chi connectivity index (χ3n) is 3.31. The molecule has 1 aromatic carbocycles. The van der Waals surface area contributed by atoms with Gasteiger partial charge in [-0.05, 0) is 36.6 Å². The lowest BCUT2D eigenvalue weighted by atomic mass is 10.0. The van der Waals surface area contributed by atoms with Crippen LogP contribution in [0.1, 0.15) is 47.8 Å². The van der Waals surface area contributed by atoms with E-state index in [1.807, 2.05) is 6.92 Å². The molecule has 1 N–H and O–H groups in total. The van der Waals surface area contributed by atoms with E-state index in [1.54, 1.807) is 24.5 Å². The highest BCUT2D eigenvalue weighted by Crippen LogP contribution is 2.15. The summed E-state index contributed by atoms with van der Waals surface area (Å²) in [6.07, 6.45) is 5.49. The lowest BCUT2D eigenvalue weighted by molar-refractivity contribution is 0.0940. The highest BCUT2D eigenvalue weighted by Gasteiger charge is 2.10. The fourth-order valence-electron chi connectivity index (χ4n) is 2.13. The molecule has 0 saturated heterocycles. The van der Waals surface area contributed by atoms with Crippen LogP contribution in [0.25, 0.3) is 0 Å². The van der Waals surface area contributed by atoms with Gasteiger partial charge in [0.1, 0.15) is 0 Å². The van der Waals surface area contributed by atoms with Crippen molar-refractivity contribution in [3.05, 3.63) is 65.5 Å². The fourth-order valence-corrected chi connectivity index (χ4v) is 2.13. The number of amides is 1. The smallest absolute Gasteiger partial charge is 0.251 e. The van der Waals surface area contributed by atoms with Crippen molar-refractivity contribution in [2.24, 2.45) is 0 Å². The first-order chi connectivity index (χ1) is 9.70. The molecule has 0 aliphatic carbocycles. The number of pyridine rings is 1. The summed E-state index contributed by atoms with van der Waals surface area (Å²) in [5.41, 5.74) is 3.09. The van der Waals surface area contributed by atoms with Gasteiger partial charge in [-0.15, -0.1) is 0 Å². The van der Waals surface area contributed by atoms with Gasteiger partial charge >= 0.3 is 0 Å². The van der Waals surface area contributed by atoms with E-state index < -0.39 is 0 Å². The van der Waals surface area contributed by atoms with E-state index in [-0.39, 0.29) is 11.9 Å². The van der Waals surface area contributed by atoms with Gasteiger partial charge in [-0.1, -0.05) is 37.6 Å². The molecule has 3 nitrogen and oxygen atoms in total. The van der Waals surface area contributed by atoms with Crippen molar-refractivity contribution in [1.29, 1.82) is 0 Å². The maximum atomic E-state index is 12.1. The molecule has 3 heteroatoms. The average molecular weight is 268 g/mol. The summed E-state index contributed by atoms with van der Waals surface area (Å²) >= 11 is 0. The Balaban J connectivity index is 2.01. The highest BCUT2D eigenvalue weighted by atomic mass is 16.1. The number of hydrogen-bond acceptors (Lipinski definition) is 2. The molecule has 1 atom stereocenters. The van der Waals surface area contributed by atoms with E-state index >= 15 is 0 Å². The monoisotopic (exact) mass is 268 g/mol.